The minimum Gasteiger partial charge on any atom is -0.393 e. The summed E-state index contributed by atoms with van der Waals surface area (Å²) >= 11 is 0. The van der Waals surface area contributed by atoms with E-state index < -0.39 is 0 Å². The van der Waals surface area contributed by atoms with Crippen molar-refractivity contribution in [1.82, 2.24) is 0 Å². The first-order valence-electron chi connectivity index (χ1n) is 12.8. The minimum absolute atomic E-state index is 0.0846. The Balaban J connectivity index is 1.50. The smallest absolute Gasteiger partial charge is 0.0577 e. The fourth-order valence-electron chi connectivity index (χ4n) is 8.37. The van der Waals surface area contributed by atoms with Crippen LogP contribution in [0, 0.1) is 46.3 Å². The molecule has 0 bridgehead atoms. The van der Waals surface area contributed by atoms with Gasteiger partial charge in [-0.25, -0.2) is 0 Å². The molecule has 0 heterocycles. The van der Waals surface area contributed by atoms with E-state index in [9.17, 15) is 5.11 Å². The average molecular weight is 399 g/mol. The fourth-order valence-corrected chi connectivity index (χ4v) is 8.37. The predicted molar refractivity (Wildman–Crippen MR) is 124 cm³/mol. The van der Waals surface area contributed by atoms with Gasteiger partial charge in [-0.2, -0.15) is 0 Å². The van der Waals surface area contributed by atoms with Crippen LogP contribution < -0.4 is 0 Å². The molecule has 0 saturated heterocycles. The molecule has 0 radical (unpaired) electrons. The Morgan fingerprint density at radius 2 is 1.90 bits per heavy atom. The quantitative estimate of drug-likeness (QED) is 0.474. The summed E-state index contributed by atoms with van der Waals surface area (Å²) in [5.74, 6) is 5.08. The van der Waals surface area contributed by atoms with Crippen molar-refractivity contribution in [2.24, 2.45) is 46.3 Å². The van der Waals surface area contributed by atoms with E-state index >= 15 is 0 Å². The summed E-state index contributed by atoms with van der Waals surface area (Å²) in [6, 6.07) is 0. The molecule has 0 spiro atoms. The zero-order valence-electron chi connectivity index (χ0n) is 19.8. The number of allylic oxidation sites excluding steroid dienone is 3. The summed E-state index contributed by atoms with van der Waals surface area (Å²) in [6.45, 7) is 12.4. The van der Waals surface area contributed by atoms with E-state index in [-0.39, 0.29) is 6.10 Å². The molecule has 4 rings (SSSR count). The lowest BCUT2D eigenvalue weighted by Gasteiger charge is -2.58. The van der Waals surface area contributed by atoms with Crippen molar-refractivity contribution < 1.29 is 5.11 Å². The third-order valence-corrected chi connectivity index (χ3v) is 10.5. The summed E-state index contributed by atoms with van der Waals surface area (Å²) in [5, 5.41) is 10.2. The maximum absolute atomic E-state index is 10.2. The number of aliphatic hydroxyl groups is 1. The lowest BCUT2D eigenvalue weighted by molar-refractivity contribution is -0.0540. The van der Waals surface area contributed by atoms with Crippen LogP contribution in [0.15, 0.2) is 23.8 Å². The Morgan fingerprint density at radius 1 is 1.10 bits per heavy atom. The van der Waals surface area contributed by atoms with Crippen molar-refractivity contribution in [1.29, 1.82) is 0 Å². The highest BCUT2D eigenvalue weighted by atomic mass is 16.3. The largest absolute Gasteiger partial charge is 0.393 e. The monoisotopic (exact) mass is 398 g/mol. The zero-order valence-corrected chi connectivity index (χ0v) is 19.8. The van der Waals surface area contributed by atoms with Crippen LogP contribution >= 0.6 is 0 Å². The van der Waals surface area contributed by atoms with Crippen molar-refractivity contribution in [2.45, 2.75) is 105 Å². The van der Waals surface area contributed by atoms with Crippen LogP contribution in [-0.2, 0) is 0 Å². The Hall–Kier alpha value is -0.560. The third-order valence-electron chi connectivity index (χ3n) is 10.5. The topological polar surface area (TPSA) is 20.2 Å². The summed E-state index contributed by atoms with van der Waals surface area (Å²) < 4.78 is 0. The lowest BCUT2D eigenvalue weighted by Crippen LogP contribution is -2.50. The van der Waals surface area contributed by atoms with Crippen LogP contribution in [0.5, 0.6) is 0 Å². The van der Waals surface area contributed by atoms with Gasteiger partial charge < -0.3 is 5.11 Å². The van der Waals surface area contributed by atoms with E-state index in [4.69, 9.17) is 0 Å². The van der Waals surface area contributed by atoms with Crippen LogP contribution in [0.3, 0.4) is 0 Å². The third kappa shape index (κ3) is 3.68. The Kier molecular flexibility index (Phi) is 6.11. The SMILES string of the molecule is CCC(C)CC=C[C@@H](C)[C@H]1CC[C@H]2[C@@H]3CC=C4C[C@@H](O)CC[C@]4(C)[C@H]3CC[C@]12C. The molecule has 0 aromatic rings. The van der Waals surface area contributed by atoms with Gasteiger partial charge in [0.05, 0.1) is 6.10 Å². The number of hydrogen-bond donors (Lipinski definition) is 1. The molecule has 0 aliphatic heterocycles. The first-order valence-corrected chi connectivity index (χ1v) is 12.8. The van der Waals surface area contributed by atoms with Gasteiger partial charge in [0.2, 0.25) is 0 Å². The molecule has 164 valence electrons. The molecule has 9 atom stereocenters. The van der Waals surface area contributed by atoms with Crippen LogP contribution in [0.1, 0.15) is 98.8 Å². The van der Waals surface area contributed by atoms with E-state index in [1.807, 2.05) is 0 Å². The van der Waals surface area contributed by atoms with Gasteiger partial charge in [0.1, 0.15) is 0 Å². The molecule has 0 aromatic heterocycles. The van der Waals surface area contributed by atoms with Gasteiger partial charge in [-0.05, 0) is 104 Å². The second-order valence-corrected chi connectivity index (χ2v) is 11.9. The van der Waals surface area contributed by atoms with E-state index in [2.05, 4.69) is 52.8 Å². The van der Waals surface area contributed by atoms with Gasteiger partial charge in [0, 0.05) is 0 Å². The van der Waals surface area contributed by atoms with Crippen LogP contribution in [0.25, 0.3) is 0 Å². The van der Waals surface area contributed by atoms with E-state index in [0.717, 1.165) is 48.3 Å². The molecule has 1 heteroatoms. The first kappa shape index (κ1) is 21.7. The van der Waals surface area contributed by atoms with Gasteiger partial charge in [0.25, 0.3) is 0 Å². The zero-order chi connectivity index (χ0) is 20.8. The number of hydrogen-bond acceptors (Lipinski definition) is 1. The highest BCUT2D eigenvalue weighted by Crippen LogP contribution is 2.67. The Morgan fingerprint density at radius 3 is 2.66 bits per heavy atom. The van der Waals surface area contributed by atoms with Crippen molar-refractivity contribution in [3.63, 3.8) is 0 Å². The minimum atomic E-state index is -0.0846. The second-order valence-electron chi connectivity index (χ2n) is 11.9. The molecule has 0 aromatic carbocycles. The molecule has 4 aliphatic rings. The van der Waals surface area contributed by atoms with E-state index in [1.54, 1.807) is 5.57 Å². The highest BCUT2D eigenvalue weighted by Gasteiger charge is 2.58. The van der Waals surface area contributed by atoms with Crippen molar-refractivity contribution in [3.05, 3.63) is 23.8 Å². The number of rotatable bonds is 5. The van der Waals surface area contributed by atoms with Crippen molar-refractivity contribution in [3.8, 4) is 0 Å². The molecular formula is C28H46O. The second kappa shape index (κ2) is 8.18. The van der Waals surface area contributed by atoms with Crippen LogP contribution in [-0.4, -0.2) is 11.2 Å². The van der Waals surface area contributed by atoms with Gasteiger partial charge in [-0.3, -0.25) is 0 Å². The maximum Gasteiger partial charge on any atom is 0.0577 e. The number of aliphatic hydroxyl groups excluding tert-OH is 1. The predicted octanol–water partition coefficient (Wildman–Crippen LogP) is 7.55. The molecular weight excluding hydrogens is 352 g/mol. The molecule has 29 heavy (non-hydrogen) atoms. The molecule has 0 amide bonds. The Bertz CT molecular complexity index is 647. The molecule has 4 aliphatic carbocycles. The molecule has 3 saturated carbocycles. The van der Waals surface area contributed by atoms with E-state index in [0.29, 0.717) is 10.8 Å². The Labute approximate surface area is 180 Å². The van der Waals surface area contributed by atoms with Crippen LogP contribution in [0.2, 0.25) is 0 Å². The lowest BCUT2D eigenvalue weighted by atomic mass is 9.47. The fraction of sp³-hybridized carbons (Fsp3) is 0.857. The van der Waals surface area contributed by atoms with Crippen molar-refractivity contribution in [2.75, 3.05) is 0 Å². The number of fused-ring (bicyclic) bond motifs is 5. The average Bonchev–Trinajstić information content (AvgIpc) is 3.05. The molecule has 1 unspecified atom stereocenters. The van der Waals surface area contributed by atoms with Gasteiger partial charge in [-0.1, -0.05) is 64.8 Å². The molecule has 3 fully saturated rings. The molecule has 1 N–H and O–H groups in total. The summed E-state index contributed by atoms with van der Waals surface area (Å²) in [7, 11) is 0. The summed E-state index contributed by atoms with van der Waals surface area (Å²) in [4.78, 5) is 0. The van der Waals surface area contributed by atoms with Gasteiger partial charge in [-0.15, -0.1) is 0 Å². The summed E-state index contributed by atoms with van der Waals surface area (Å²) in [6.07, 6.45) is 20.3. The van der Waals surface area contributed by atoms with Gasteiger partial charge >= 0.3 is 0 Å². The molecule has 1 nitrogen and oxygen atoms in total. The normalized spacial score (nSPS) is 46.6. The highest BCUT2D eigenvalue weighted by molar-refractivity contribution is 5.25. The first-order chi connectivity index (χ1) is 13.8. The summed E-state index contributed by atoms with van der Waals surface area (Å²) in [5.41, 5.74) is 2.53. The standard InChI is InChI=1S/C28H46O/c1-6-19(2)8-7-9-20(3)24-12-13-25-23-11-10-21-18-22(29)14-16-27(21,4)26(23)15-17-28(24,25)5/h7,9-10,19-20,22-26,29H,6,8,11-18H2,1-5H3/t19?,20-,22+,23+,24-,25+,26+,27+,28-/m1/s1. The van der Waals surface area contributed by atoms with E-state index in [1.165, 1.54) is 51.4 Å². The maximum atomic E-state index is 10.2. The van der Waals surface area contributed by atoms with Crippen LogP contribution in [0.4, 0.5) is 0 Å². The van der Waals surface area contributed by atoms with Gasteiger partial charge in [0.15, 0.2) is 0 Å². The van der Waals surface area contributed by atoms with Crippen molar-refractivity contribution >= 4 is 0 Å².